The first-order valence-electron chi connectivity index (χ1n) is 7.61. The summed E-state index contributed by atoms with van der Waals surface area (Å²) in [5, 5.41) is 3.08. The maximum absolute atomic E-state index is 11.9. The van der Waals surface area contributed by atoms with Crippen LogP contribution >= 0.6 is 0 Å². The topological polar surface area (TPSA) is 55.1 Å². The zero-order chi connectivity index (χ0) is 14.6. The Bertz CT molecular complexity index is 438. The van der Waals surface area contributed by atoms with Gasteiger partial charge in [0.25, 0.3) is 0 Å². The summed E-state index contributed by atoms with van der Waals surface area (Å²) >= 11 is 0. The lowest BCUT2D eigenvalue weighted by atomic mass is 9.92. The molecule has 0 aromatic heterocycles. The highest BCUT2D eigenvalue weighted by atomic mass is 16.1. The molecular weight excluding hydrogens is 248 g/mol. The van der Waals surface area contributed by atoms with E-state index in [-0.39, 0.29) is 11.9 Å². The summed E-state index contributed by atoms with van der Waals surface area (Å²) in [5.74, 6) is 0.776. The largest absolute Gasteiger partial charge is 0.356 e. The van der Waals surface area contributed by atoms with E-state index in [0.29, 0.717) is 24.2 Å². The number of rotatable bonds is 7. The number of nitrogens with two attached hydrogens (primary N) is 1. The standard InChI is InChI=1S/C17H26N2O/c1-13(2)17(10-11-17)12-19-16(20)9-8-15(18)14-6-4-3-5-7-14/h3-7,13,15H,8-12,18H2,1-2H3,(H,19,20). The van der Waals surface area contributed by atoms with Crippen LogP contribution in [0.1, 0.15) is 51.1 Å². The average Bonchev–Trinajstić information content (AvgIpc) is 3.25. The van der Waals surface area contributed by atoms with Gasteiger partial charge in [-0.25, -0.2) is 0 Å². The molecule has 1 aromatic carbocycles. The second-order valence-corrected chi connectivity index (χ2v) is 6.35. The summed E-state index contributed by atoms with van der Waals surface area (Å²) in [6.07, 6.45) is 3.69. The fraction of sp³-hybridized carbons (Fsp3) is 0.588. The van der Waals surface area contributed by atoms with Crippen molar-refractivity contribution in [2.24, 2.45) is 17.1 Å². The van der Waals surface area contributed by atoms with Gasteiger partial charge in [0, 0.05) is 19.0 Å². The van der Waals surface area contributed by atoms with Gasteiger partial charge in [-0.3, -0.25) is 4.79 Å². The molecule has 110 valence electrons. The van der Waals surface area contributed by atoms with Gasteiger partial charge in [0.1, 0.15) is 0 Å². The Balaban J connectivity index is 1.70. The SMILES string of the molecule is CC(C)C1(CNC(=O)CCC(N)c2ccccc2)CC1. The molecule has 0 spiro atoms. The highest BCUT2D eigenvalue weighted by Gasteiger charge is 2.45. The Morgan fingerprint density at radius 1 is 1.30 bits per heavy atom. The van der Waals surface area contributed by atoms with E-state index in [4.69, 9.17) is 5.73 Å². The molecule has 3 N–H and O–H groups in total. The second-order valence-electron chi connectivity index (χ2n) is 6.35. The van der Waals surface area contributed by atoms with E-state index in [1.165, 1.54) is 12.8 Å². The minimum Gasteiger partial charge on any atom is -0.356 e. The number of hydrogen-bond donors (Lipinski definition) is 2. The molecule has 0 heterocycles. The van der Waals surface area contributed by atoms with Crippen molar-refractivity contribution in [1.29, 1.82) is 0 Å². The van der Waals surface area contributed by atoms with Gasteiger partial charge in [-0.05, 0) is 36.2 Å². The average molecular weight is 274 g/mol. The van der Waals surface area contributed by atoms with E-state index in [2.05, 4.69) is 19.2 Å². The van der Waals surface area contributed by atoms with Gasteiger partial charge in [0.15, 0.2) is 0 Å². The van der Waals surface area contributed by atoms with Crippen molar-refractivity contribution in [3.63, 3.8) is 0 Å². The summed E-state index contributed by atoms with van der Waals surface area (Å²) in [7, 11) is 0. The zero-order valence-corrected chi connectivity index (χ0v) is 12.6. The Morgan fingerprint density at radius 2 is 1.95 bits per heavy atom. The molecule has 1 aromatic rings. The molecule has 20 heavy (non-hydrogen) atoms. The van der Waals surface area contributed by atoms with Crippen LogP contribution in [0.2, 0.25) is 0 Å². The van der Waals surface area contributed by atoms with Crippen molar-refractivity contribution < 1.29 is 4.79 Å². The molecule has 3 heteroatoms. The van der Waals surface area contributed by atoms with E-state index in [1.807, 2.05) is 30.3 Å². The van der Waals surface area contributed by atoms with Crippen molar-refractivity contribution >= 4 is 5.91 Å². The molecular formula is C17H26N2O. The number of nitrogens with one attached hydrogen (secondary N) is 1. The minimum atomic E-state index is -0.0538. The lowest BCUT2D eigenvalue weighted by molar-refractivity contribution is -0.121. The summed E-state index contributed by atoms with van der Waals surface area (Å²) in [6.45, 7) is 5.30. The molecule has 1 unspecified atom stereocenters. The molecule has 1 amide bonds. The number of amides is 1. The molecule has 0 aliphatic heterocycles. The van der Waals surface area contributed by atoms with Crippen molar-refractivity contribution in [1.82, 2.24) is 5.32 Å². The van der Waals surface area contributed by atoms with E-state index in [0.717, 1.165) is 12.1 Å². The molecule has 3 nitrogen and oxygen atoms in total. The van der Waals surface area contributed by atoms with Crippen LogP contribution in [0.5, 0.6) is 0 Å². The first-order chi connectivity index (χ1) is 9.53. The third-order valence-corrected chi connectivity index (χ3v) is 4.66. The number of carbonyl (C=O) groups excluding carboxylic acids is 1. The lowest BCUT2D eigenvalue weighted by Gasteiger charge is -2.20. The quantitative estimate of drug-likeness (QED) is 0.803. The van der Waals surface area contributed by atoms with E-state index in [9.17, 15) is 4.79 Å². The maximum Gasteiger partial charge on any atom is 0.220 e. The van der Waals surface area contributed by atoms with Gasteiger partial charge in [-0.1, -0.05) is 44.2 Å². The summed E-state index contributed by atoms with van der Waals surface area (Å²) in [6, 6.07) is 9.91. The van der Waals surface area contributed by atoms with Crippen LogP contribution < -0.4 is 11.1 Å². The molecule has 2 rings (SSSR count). The molecule has 1 aliphatic rings. The molecule has 1 atom stereocenters. The summed E-state index contributed by atoms with van der Waals surface area (Å²) in [4.78, 5) is 11.9. The maximum atomic E-state index is 11.9. The van der Waals surface area contributed by atoms with Crippen LogP contribution in [-0.4, -0.2) is 12.5 Å². The zero-order valence-electron chi connectivity index (χ0n) is 12.6. The Morgan fingerprint density at radius 3 is 2.50 bits per heavy atom. The number of benzene rings is 1. The predicted molar refractivity (Wildman–Crippen MR) is 82.1 cm³/mol. The van der Waals surface area contributed by atoms with Crippen molar-refractivity contribution in [2.75, 3.05) is 6.54 Å². The van der Waals surface area contributed by atoms with E-state index < -0.39 is 0 Å². The fourth-order valence-electron chi connectivity index (χ4n) is 2.64. The molecule has 1 aliphatic carbocycles. The van der Waals surface area contributed by atoms with Gasteiger partial charge >= 0.3 is 0 Å². The highest BCUT2D eigenvalue weighted by Crippen LogP contribution is 2.51. The van der Waals surface area contributed by atoms with E-state index in [1.54, 1.807) is 0 Å². The van der Waals surface area contributed by atoms with Crippen molar-refractivity contribution in [3.05, 3.63) is 35.9 Å². The Hall–Kier alpha value is -1.35. The summed E-state index contributed by atoms with van der Waals surface area (Å²) < 4.78 is 0. The molecule has 0 radical (unpaired) electrons. The smallest absolute Gasteiger partial charge is 0.220 e. The van der Waals surface area contributed by atoms with Crippen LogP contribution in [0.15, 0.2) is 30.3 Å². The van der Waals surface area contributed by atoms with Crippen molar-refractivity contribution in [3.8, 4) is 0 Å². The van der Waals surface area contributed by atoms with Crippen LogP contribution in [-0.2, 0) is 4.79 Å². The van der Waals surface area contributed by atoms with Gasteiger partial charge < -0.3 is 11.1 Å². The molecule has 1 saturated carbocycles. The Labute approximate surface area is 121 Å². The molecule has 0 bridgehead atoms. The number of hydrogen-bond acceptors (Lipinski definition) is 2. The Kier molecular flexibility index (Phi) is 4.81. The first kappa shape index (κ1) is 15.0. The van der Waals surface area contributed by atoms with Crippen LogP contribution in [0.3, 0.4) is 0 Å². The molecule has 1 fully saturated rings. The fourth-order valence-corrected chi connectivity index (χ4v) is 2.64. The lowest BCUT2D eigenvalue weighted by Crippen LogP contribution is -2.32. The summed E-state index contributed by atoms with van der Waals surface area (Å²) in [5.41, 5.74) is 7.58. The van der Waals surface area contributed by atoms with Gasteiger partial charge in [0.05, 0.1) is 0 Å². The van der Waals surface area contributed by atoms with Gasteiger partial charge in [-0.15, -0.1) is 0 Å². The van der Waals surface area contributed by atoms with Gasteiger partial charge in [0.2, 0.25) is 5.91 Å². The minimum absolute atomic E-state index is 0.0538. The third-order valence-electron chi connectivity index (χ3n) is 4.66. The van der Waals surface area contributed by atoms with Crippen LogP contribution in [0.25, 0.3) is 0 Å². The third kappa shape index (κ3) is 3.83. The van der Waals surface area contributed by atoms with Gasteiger partial charge in [-0.2, -0.15) is 0 Å². The van der Waals surface area contributed by atoms with Crippen molar-refractivity contribution in [2.45, 2.75) is 45.6 Å². The predicted octanol–water partition coefficient (Wildman–Crippen LogP) is 3.02. The highest BCUT2D eigenvalue weighted by molar-refractivity contribution is 5.76. The molecule has 0 saturated heterocycles. The monoisotopic (exact) mass is 274 g/mol. The van der Waals surface area contributed by atoms with E-state index >= 15 is 0 Å². The second kappa shape index (κ2) is 6.40. The van der Waals surface area contributed by atoms with Crippen LogP contribution in [0, 0.1) is 11.3 Å². The normalized spacial score (nSPS) is 17.8. The van der Waals surface area contributed by atoms with Crippen LogP contribution in [0.4, 0.5) is 0 Å². The first-order valence-corrected chi connectivity index (χ1v) is 7.61. The number of carbonyl (C=O) groups is 1.